The molecule has 1 aliphatic carbocycles. The van der Waals surface area contributed by atoms with Gasteiger partial charge in [0.05, 0.1) is 12.2 Å². The molecule has 1 aliphatic heterocycles. The number of carbonyl (C=O) groups excluding carboxylic acids is 1. The van der Waals surface area contributed by atoms with E-state index in [1.165, 1.54) is 12.8 Å². The molecule has 1 amide bonds. The molecule has 1 aromatic heterocycles. The Labute approximate surface area is 100.0 Å². The number of nitrogens with zero attached hydrogens (tertiary/aromatic N) is 4. The van der Waals surface area contributed by atoms with Gasteiger partial charge in [0, 0.05) is 26.7 Å². The Kier molecular flexibility index (Phi) is 2.58. The summed E-state index contributed by atoms with van der Waals surface area (Å²) in [6.45, 7) is 2.67. The molecule has 0 radical (unpaired) electrons. The second-order valence-corrected chi connectivity index (χ2v) is 5.02. The molecule has 6 heteroatoms. The van der Waals surface area contributed by atoms with Gasteiger partial charge in [-0.1, -0.05) is 5.21 Å². The lowest BCUT2D eigenvalue weighted by atomic mass is 10.2. The Balaban J connectivity index is 1.65. The van der Waals surface area contributed by atoms with Crippen LogP contribution >= 0.6 is 0 Å². The zero-order chi connectivity index (χ0) is 11.8. The summed E-state index contributed by atoms with van der Waals surface area (Å²) in [5, 5.41) is 11.1. The molecule has 1 aromatic rings. The summed E-state index contributed by atoms with van der Waals surface area (Å²) in [4.78, 5) is 13.8. The van der Waals surface area contributed by atoms with Crippen LogP contribution in [0.1, 0.15) is 29.4 Å². The van der Waals surface area contributed by atoms with Gasteiger partial charge in [-0.15, -0.1) is 5.10 Å². The van der Waals surface area contributed by atoms with Gasteiger partial charge in [0.1, 0.15) is 0 Å². The van der Waals surface area contributed by atoms with Gasteiger partial charge in [0.15, 0.2) is 5.69 Å². The molecule has 2 heterocycles. The van der Waals surface area contributed by atoms with E-state index in [1.807, 2.05) is 7.05 Å². The number of aromatic nitrogens is 3. The first-order valence-corrected chi connectivity index (χ1v) is 6.12. The van der Waals surface area contributed by atoms with Crippen LogP contribution in [0.15, 0.2) is 6.20 Å². The molecular formula is C11H17N5O. The molecule has 1 N–H and O–H groups in total. The van der Waals surface area contributed by atoms with E-state index in [0.29, 0.717) is 17.7 Å². The molecule has 92 valence electrons. The number of rotatable bonds is 4. The van der Waals surface area contributed by atoms with Crippen molar-refractivity contribution in [1.29, 1.82) is 0 Å². The fraction of sp³-hybridized carbons (Fsp3) is 0.727. The van der Waals surface area contributed by atoms with E-state index >= 15 is 0 Å². The van der Waals surface area contributed by atoms with Gasteiger partial charge < -0.3 is 10.2 Å². The summed E-state index contributed by atoms with van der Waals surface area (Å²) in [6.07, 6.45) is 4.26. The van der Waals surface area contributed by atoms with Crippen LogP contribution in [0.25, 0.3) is 0 Å². The molecule has 1 saturated carbocycles. The summed E-state index contributed by atoms with van der Waals surface area (Å²) < 4.78 is 1.79. The van der Waals surface area contributed by atoms with Crippen molar-refractivity contribution in [1.82, 2.24) is 25.2 Å². The molecule has 0 aromatic carbocycles. The first-order valence-electron chi connectivity index (χ1n) is 6.12. The van der Waals surface area contributed by atoms with Crippen LogP contribution in [0.2, 0.25) is 0 Å². The average Bonchev–Trinajstić information content (AvgIpc) is 2.91. The lowest BCUT2D eigenvalue weighted by Gasteiger charge is -2.26. The molecular weight excluding hydrogens is 218 g/mol. The molecule has 6 nitrogen and oxygen atoms in total. The molecule has 1 saturated heterocycles. The van der Waals surface area contributed by atoms with Crippen molar-refractivity contribution in [3.63, 3.8) is 0 Å². The van der Waals surface area contributed by atoms with Crippen molar-refractivity contribution >= 4 is 5.91 Å². The largest absolute Gasteiger partial charge is 0.340 e. The molecule has 2 aliphatic rings. The number of hydrogen-bond donors (Lipinski definition) is 1. The smallest absolute Gasteiger partial charge is 0.275 e. The van der Waals surface area contributed by atoms with Gasteiger partial charge in [-0.3, -0.25) is 4.79 Å². The van der Waals surface area contributed by atoms with Crippen LogP contribution in [0, 0.1) is 5.92 Å². The summed E-state index contributed by atoms with van der Waals surface area (Å²) in [5.41, 5.74) is 0.458. The van der Waals surface area contributed by atoms with Crippen LogP contribution in [-0.2, 0) is 0 Å². The minimum Gasteiger partial charge on any atom is -0.340 e. The van der Waals surface area contributed by atoms with Gasteiger partial charge in [0.2, 0.25) is 0 Å². The number of carbonyl (C=O) groups is 1. The van der Waals surface area contributed by atoms with E-state index in [-0.39, 0.29) is 5.91 Å². The molecule has 0 atom stereocenters. The van der Waals surface area contributed by atoms with Crippen molar-refractivity contribution in [2.75, 3.05) is 26.7 Å². The molecule has 0 spiro atoms. The lowest BCUT2D eigenvalue weighted by Crippen LogP contribution is -2.43. The van der Waals surface area contributed by atoms with E-state index in [9.17, 15) is 4.79 Å². The van der Waals surface area contributed by atoms with Crippen molar-refractivity contribution in [2.45, 2.75) is 18.9 Å². The fourth-order valence-corrected chi connectivity index (χ4v) is 1.98. The first kappa shape index (κ1) is 10.7. The highest BCUT2D eigenvalue weighted by Crippen LogP contribution is 2.29. The SMILES string of the molecule is CN(CC1CC1)C(=O)c1cn(C2CNC2)nn1. The van der Waals surface area contributed by atoms with Crippen LogP contribution in [0.5, 0.6) is 0 Å². The monoisotopic (exact) mass is 235 g/mol. The minimum atomic E-state index is -0.0181. The van der Waals surface area contributed by atoms with E-state index in [0.717, 1.165) is 19.6 Å². The zero-order valence-electron chi connectivity index (χ0n) is 9.96. The van der Waals surface area contributed by atoms with Crippen molar-refractivity contribution in [2.24, 2.45) is 5.92 Å². The van der Waals surface area contributed by atoms with Crippen LogP contribution in [0.4, 0.5) is 0 Å². The fourth-order valence-electron chi connectivity index (χ4n) is 1.98. The zero-order valence-corrected chi connectivity index (χ0v) is 9.96. The lowest BCUT2D eigenvalue weighted by molar-refractivity contribution is 0.0782. The van der Waals surface area contributed by atoms with Crippen molar-refractivity contribution in [3.8, 4) is 0 Å². The van der Waals surface area contributed by atoms with E-state index in [1.54, 1.807) is 15.8 Å². The Morgan fingerprint density at radius 2 is 2.35 bits per heavy atom. The van der Waals surface area contributed by atoms with Gasteiger partial charge in [-0.05, 0) is 18.8 Å². The highest BCUT2D eigenvalue weighted by molar-refractivity contribution is 5.91. The van der Waals surface area contributed by atoms with Gasteiger partial charge in [-0.25, -0.2) is 4.68 Å². The van der Waals surface area contributed by atoms with Crippen LogP contribution < -0.4 is 5.32 Å². The first-order chi connectivity index (χ1) is 8.24. The molecule has 17 heavy (non-hydrogen) atoms. The predicted octanol–water partition coefficient (Wildman–Crippen LogP) is -0.0956. The summed E-state index contributed by atoms with van der Waals surface area (Å²) in [7, 11) is 1.84. The summed E-state index contributed by atoms with van der Waals surface area (Å²) in [6, 6.07) is 0.359. The highest BCUT2D eigenvalue weighted by atomic mass is 16.2. The standard InChI is InChI=1S/C11H17N5O/c1-15(6-8-2-3-8)11(17)10-7-16(14-13-10)9-4-12-5-9/h7-9,12H,2-6H2,1H3. The Morgan fingerprint density at radius 3 is 2.94 bits per heavy atom. The van der Waals surface area contributed by atoms with Gasteiger partial charge in [-0.2, -0.15) is 0 Å². The second kappa shape index (κ2) is 4.10. The third-order valence-corrected chi connectivity index (χ3v) is 3.44. The molecule has 3 rings (SSSR count). The normalized spacial score (nSPS) is 20.1. The van der Waals surface area contributed by atoms with E-state index in [4.69, 9.17) is 0 Å². The Bertz CT molecular complexity index is 421. The number of hydrogen-bond acceptors (Lipinski definition) is 4. The summed E-state index contributed by atoms with van der Waals surface area (Å²) in [5.74, 6) is 0.685. The Hall–Kier alpha value is -1.43. The maximum Gasteiger partial charge on any atom is 0.275 e. The van der Waals surface area contributed by atoms with Crippen molar-refractivity contribution < 1.29 is 4.79 Å². The average molecular weight is 235 g/mol. The summed E-state index contributed by atoms with van der Waals surface area (Å²) >= 11 is 0. The Morgan fingerprint density at radius 1 is 1.59 bits per heavy atom. The molecule has 2 fully saturated rings. The topological polar surface area (TPSA) is 63.1 Å². The van der Waals surface area contributed by atoms with Crippen LogP contribution in [0.3, 0.4) is 0 Å². The van der Waals surface area contributed by atoms with Gasteiger partial charge in [0.25, 0.3) is 5.91 Å². The predicted molar refractivity (Wildman–Crippen MR) is 61.6 cm³/mol. The second-order valence-electron chi connectivity index (χ2n) is 5.02. The molecule has 0 bridgehead atoms. The van der Waals surface area contributed by atoms with E-state index in [2.05, 4.69) is 15.6 Å². The quantitative estimate of drug-likeness (QED) is 0.792. The maximum absolute atomic E-state index is 12.0. The maximum atomic E-state index is 12.0. The van der Waals surface area contributed by atoms with Gasteiger partial charge >= 0.3 is 0 Å². The van der Waals surface area contributed by atoms with Crippen molar-refractivity contribution in [3.05, 3.63) is 11.9 Å². The van der Waals surface area contributed by atoms with E-state index < -0.39 is 0 Å². The third kappa shape index (κ3) is 2.17. The minimum absolute atomic E-state index is 0.0181. The molecule has 0 unspecified atom stereocenters. The van der Waals surface area contributed by atoms with Crippen LogP contribution in [-0.4, -0.2) is 52.5 Å². The highest BCUT2D eigenvalue weighted by Gasteiger charge is 2.27. The number of nitrogens with one attached hydrogen (secondary N) is 1. The third-order valence-electron chi connectivity index (χ3n) is 3.44. The number of amides is 1.